The Kier molecular flexibility index (Phi) is 2.19. The van der Waals surface area contributed by atoms with E-state index in [4.69, 9.17) is 4.74 Å². The lowest BCUT2D eigenvalue weighted by molar-refractivity contribution is 0.124. The summed E-state index contributed by atoms with van der Waals surface area (Å²) in [6.07, 6.45) is 5.32. The third-order valence-electron chi connectivity index (χ3n) is 2.86. The van der Waals surface area contributed by atoms with Crippen molar-refractivity contribution >= 4 is 6.02 Å². The van der Waals surface area contributed by atoms with Gasteiger partial charge < -0.3 is 10.1 Å². The molecule has 3 heteroatoms. The van der Waals surface area contributed by atoms with Crippen LogP contribution in [-0.2, 0) is 4.74 Å². The Bertz CT molecular complexity index is 191. The van der Waals surface area contributed by atoms with Crippen molar-refractivity contribution in [2.45, 2.75) is 31.7 Å². The van der Waals surface area contributed by atoms with E-state index in [9.17, 15) is 0 Å². The van der Waals surface area contributed by atoms with Gasteiger partial charge in [-0.05, 0) is 12.8 Å². The van der Waals surface area contributed by atoms with Crippen molar-refractivity contribution < 1.29 is 4.74 Å². The molecular weight excluding hydrogens is 152 g/mol. The molecule has 0 aromatic heterocycles. The molecular formula is C9H16N2O. The van der Waals surface area contributed by atoms with Gasteiger partial charge in [0.1, 0.15) is 0 Å². The first-order valence-electron chi connectivity index (χ1n) is 4.76. The molecule has 0 aromatic carbocycles. The summed E-state index contributed by atoms with van der Waals surface area (Å²) < 4.78 is 5.44. The number of ether oxygens (including phenoxy) is 1. The molecule has 1 heterocycles. The van der Waals surface area contributed by atoms with Crippen LogP contribution in [0.25, 0.3) is 0 Å². The second-order valence-corrected chi connectivity index (χ2v) is 3.64. The molecule has 1 saturated carbocycles. The molecule has 3 nitrogen and oxygen atoms in total. The molecule has 0 unspecified atom stereocenters. The number of hydrogen-bond donors (Lipinski definition) is 1. The average molecular weight is 168 g/mol. The Morgan fingerprint density at radius 1 is 1.42 bits per heavy atom. The molecule has 1 N–H and O–H groups in total. The highest BCUT2D eigenvalue weighted by molar-refractivity contribution is 5.74. The quantitative estimate of drug-likeness (QED) is 0.588. The normalized spacial score (nSPS) is 38.2. The Balaban J connectivity index is 1.98. The zero-order valence-electron chi connectivity index (χ0n) is 7.55. The van der Waals surface area contributed by atoms with E-state index in [1.165, 1.54) is 25.7 Å². The van der Waals surface area contributed by atoms with E-state index < -0.39 is 0 Å². The van der Waals surface area contributed by atoms with E-state index in [0.29, 0.717) is 6.04 Å². The number of aliphatic imine (C=N–C) groups is 1. The SMILES string of the molecule is CN=C1N[C@H]2CCCC[C@@H]2CO1. The van der Waals surface area contributed by atoms with Crippen LogP contribution in [0.5, 0.6) is 0 Å². The van der Waals surface area contributed by atoms with E-state index in [0.717, 1.165) is 18.5 Å². The largest absolute Gasteiger partial charge is 0.465 e. The van der Waals surface area contributed by atoms with Crippen molar-refractivity contribution in [3.8, 4) is 0 Å². The summed E-state index contributed by atoms with van der Waals surface area (Å²) in [5.74, 6) is 0.726. The number of hydrogen-bond acceptors (Lipinski definition) is 2. The summed E-state index contributed by atoms with van der Waals surface area (Å²) in [7, 11) is 1.77. The van der Waals surface area contributed by atoms with Gasteiger partial charge in [-0.2, -0.15) is 0 Å². The number of nitrogens with zero attached hydrogens (tertiary/aromatic N) is 1. The van der Waals surface area contributed by atoms with Crippen LogP contribution < -0.4 is 5.32 Å². The van der Waals surface area contributed by atoms with Gasteiger partial charge in [0, 0.05) is 19.0 Å². The summed E-state index contributed by atoms with van der Waals surface area (Å²) in [6.45, 7) is 0.865. The summed E-state index contributed by atoms with van der Waals surface area (Å²) in [4.78, 5) is 4.02. The van der Waals surface area contributed by atoms with Crippen molar-refractivity contribution in [1.82, 2.24) is 5.32 Å². The number of amidine groups is 1. The van der Waals surface area contributed by atoms with E-state index >= 15 is 0 Å². The van der Waals surface area contributed by atoms with Gasteiger partial charge >= 0.3 is 0 Å². The molecule has 0 spiro atoms. The highest BCUT2D eigenvalue weighted by Gasteiger charge is 2.30. The van der Waals surface area contributed by atoms with Crippen molar-refractivity contribution in [1.29, 1.82) is 0 Å². The summed E-state index contributed by atoms with van der Waals surface area (Å²) >= 11 is 0. The zero-order valence-corrected chi connectivity index (χ0v) is 7.55. The van der Waals surface area contributed by atoms with Gasteiger partial charge in [-0.3, -0.25) is 0 Å². The van der Waals surface area contributed by atoms with E-state index in [2.05, 4.69) is 10.3 Å². The predicted molar refractivity (Wildman–Crippen MR) is 48.2 cm³/mol. The van der Waals surface area contributed by atoms with Gasteiger partial charge in [0.05, 0.1) is 6.61 Å². The standard InChI is InChI=1S/C9H16N2O/c1-10-9-11-8-5-3-2-4-7(8)6-12-9/h7-8H,2-6H2,1H3,(H,10,11)/t7-,8+/m1/s1. The molecule has 1 saturated heterocycles. The molecule has 68 valence electrons. The molecule has 1 aliphatic carbocycles. The minimum atomic E-state index is 0.631. The van der Waals surface area contributed by atoms with Gasteiger partial charge in [-0.15, -0.1) is 0 Å². The topological polar surface area (TPSA) is 33.6 Å². The van der Waals surface area contributed by atoms with E-state index in [1.54, 1.807) is 7.05 Å². The van der Waals surface area contributed by atoms with Crippen molar-refractivity contribution in [2.75, 3.05) is 13.7 Å². The highest BCUT2D eigenvalue weighted by Crippen LogP contribution is 2.26. The molecule has 0 radical (unpaired) electrons. The Morgan fingerprint density at radius 2 is 2.25 bits per heavy atom. The fourth-order valence-electron chi connectivity index (χ4n) is 2.11. The van der Waals surface area contributed by atoms with Crippen LogP contribution >= 0.6 is 0 Å². The number of nitrogens with one attached hydrogen (secondary N) is 1. The maximum atomic E-state index is 5.44. The van der Waals surface area contributed by atoms with Gasteiger partial charge in [0.2, 0.25) is 0 Å². The Morgan fingerprint density at radius 3 is 3.08 bits per heavy atom. The maximum Gasteiger partial charge on any atom is 0.284 e. The lowest BCUT2D eigenvalue weighted by atomic mass is 9.84. The van der Waals surface area contributed by atoms with E-state index in [1.807, 2.05) is 0 Å². The maximum absolute atomic E-state index is 5.44. The molecule has 1 aliphatic heterocycles. The summed E-state index contributed by atoms with van der Waals surface area (Å²) in [5, 5.41) is 3.33. The second-order valence-electron chi connectivity index (χ2n) is 3.64. The average Bonchev–Trinajstić information content (AvgIpc) is 2.17. The van der Waals surface area contributed by atoms with Crippen LogP contribution in [0.15, 0.2) is 4.99 Å². The van der Waals surface area contributed by atoms with Crippen LogP contribution in [-0.4, -0.2) is 25.7 Å². The Hall–Kier alpha value is -0.730. The van der Waals surface area contributed by atoms with E-state index in [-0.39, 0.29) is 0 Å². The Labute approximate surface area is 73.2 Å². The first-order chi connectivity index (χ1) is 5.90. The third-order valence-corrected chi connectivity index (χ3v) is 2.86. The van der Waals surface area contributed by atoms with Gasteiger partial charge in [0.25, 0.3) is 6.02 Å². The minimum Gasteiger partial charge on any atom is -0.465 e. The molecule has 2 aliphatic rings. The molecule has 0 amide bonds. The van der Waals surface area contributed by atoms with Crippen LogP contribution in [0.1, 0.15) is 25.7 Å². The first kappa shape index (κ1) is 7.90. The number of fused-ring (bicyclic) bond motifs is 1. The minimum absolute atomic E-state index is 0.631. The zero-order chi connectivity index (χ0) is 8.39. The van der Waals surface area contributed by atoms with Gasteiger partial charge in [-0.25, -0.2) is 4.99 Å². The van der Waals surface area contributed by atoms with Crippen LogP contribution in [0.3, 0.4) is 0 Å². The molecule has 12 heavy (non-hydrogen) atoms. The fraction of sp³-hybridized carbons (Fsp3) is 0.889. The molecule has 0 aromatic rings. The highest BCUT2D eigenvalue weighted by atomic mass is 16.5. The molecule has 2 rings (SSSR count). The molecule has 2 atom stereocenters. The van der Waals surface area contributed by atoms with Crippen molar-refractivity contribution in [3.63, 3.8) is 0 Å². The summed E-state index contributed by atoms with van der Waals surface area (Å²) in [6, 6.07) is 1.37. The van der Waals surface area contributed by atoms with Gasteiger partial charge in [-0.1, -0.05) is 12.8 Å². The second kappa shape index (κ2) is 3.33. The number of rotatable bonds is 0. The first-order valence-corrected chi connectivity index (χ1v) is 4.76. The molecule has 0 bridgehead atoms. The van der Waals surface area contributed by atoms with Crippen molar-refractivity contribution in [3.05, 3.63) is 0 Å². The summed E-state index contributed by atoms with van der Waals surface area (Å²) in [5.41, 5.74) is 0. The van der Waals surface area contributed by atoms with Crippen LogP contribution in [0, 0.1) is 5.92 Å². The predicted octanol–water partition coefficient (Wildman–Crippen LogP) is 1.15. The van der Waals surface area contributed by atoms with Gasteiger partial charge in [0.15, 0.2) is 0 Å². The lowest BCUT2D eigenvalue weighted by Gasteiger charge is -2.36. The fourth-order valence-corrected chi connectivity index (χ4v) is 2.11. The van der Waals surface area contributed by atoms with Crippen LogP contribution in [0.4, 0.5) is 0 Å². The van der Waals surface area contributed by atoms with Crippen LogP contribution in [0.2, 0.25) is 0 Å². The molecule has 2 fully saturated rings. The third kappa shape index (κ3) is 1.40. The monoisotopic (exact) mass is 168 g/mol. The van der Waals surface area contributed by atoms with Crippen molar-refractivity contribution in [2.24, 2.45) is 10.9 Å². The smallest absolute Gasteiger partial charge is 0.284 e. The lowest BCUT2D eigenvalue weighted by Crippen LogP contribution is -2.49.